The Balaban J connectivity index is 1.34. The summed E-state index contributed by atoms with van der Waals surface area (Å²) in [5.41, 5.74) is 17.2. The highest BCUT2D eigenvalue weighted by Crippen LogP contribution is 2.55. The topological polar surface area (TPSA) is 337 Å². The summed E-state index contributed by atoms with van der Waals surface area (Å²) in [5.74, 6) is -1.34. The lowest BCUT2D eigenvalue weighted by Crippen LogP contribution is -2.67. The zero-order valence-electron chi connectivity index (χ0n) is 43.7. The number of fused-ring (bicyclic) bond motifs is 5. The van der Waals surface area contributed by atoms with E-state index in [4.69, 9.17) is 36.1 Å². The molecule has 9 atom stereocenters. The van der Waals surface area contributed by atoms with Gasteiger partial charge in [0.1, 0.15) is 23.4 Å². The van der Waals surface area contributed by atoms with E-state index in [1.165, 1.54) is 19.1 Å². The third-order valence-corrected chi connectivity index (χ3v) is 16.0. The molecule has 1 saturated heterocycles. The highest BCUT2D eigenvalue weighted by molar-refractivity contribution is 6.32. The van der Waals surface area contributed by atoms with Crippen LogP contribution in [0.25, 0.3) is 12.2 Å². The first-order valence-corrected chi connectivity index (χ1v) is 26.3. The van der Waals surface area contributed by atoms with Crippen LogP contribution in [0, 0.1) is 23.7 Å². The standard InChI is InChI=1S/C59H66N4O15/c1-4-31-22-37-15-14-34-12-13-35(43(28-65)49(34)58(37,72)26-31)24-42-50(68)48-47-41(53(42)78-56-55(75-20-19-63-57(61)62)59(73,74)54(71)29(2)76-56)10-6-9-38(60)16-17-39(67)23-33-8-5-7-32(21-33)11-18-40-44(77-30(3)66)25-36(27-64)45(51(48)69)46(40)52(47)70/h5,7-8,11-13,18,21,25,28-29,31,37-39,54-56,64,67-68,71-74H,4,10,14-17,19-20,22-24,26-27,60H2,1-3H3,(H4,61,62,63). The van der Waals surface area contributed by atoms with Gasteiger partial charge in [-0.3, -0.25) is 24.2 Å². The van der Waals surface area contributed by atoms with Gasteiger partial charge in [0.05, 0.1) is 49.2 Å². The number of hydrogen-bond acceptors (Lipinski definition) is 17. The van der Waals surface area contributed by atoms with E-state index >= 15 is 9.59 Å². The summed E-state index contributed by atoms with van der Waals surface area (Å²) in [6.45, 7) is 3.13. The minimum Gasteiger partial charge on any atom is -0.507 e. The van der Waals surface area contributed by atoms with Crippen molar-refractivity contribution in [1.29, 1.82) is 0 Å². The molecule has 0 aromatic heterocycles. The molecule has 4 aromatic rings. The van der Waals surface area contributed by atoms with Crippen molar-refractivity contribution in [2.24, 2.45) is 34.0 Å². The molecule has 13 N–H and O–H groups in total. The summed E-state index contributed by atoms with van der Waals surface area (Å²) in [7, 11) is 0. The van der Waals surface area contributed by atoms with E-state index in [1.54, 1.807) is 24.3 Å². The number of aromatic hydroxyl groups is 1. The second-order valence-electron chi connectivity index (χ2n) is 21.1. The number of hydrogen-bond donors (Lipinski definition) is 10. The fraction of sp³-hybridized carbons (Fsp3) is 0.441. The van der Waals surface area contributed by atoms with Gasteiger partial charge in [0, 0.05) is 58.7 Å². The van der Waals surface area contributed by atoms with Crippen molar-refractivity contribution in [2.45, 2.75) is 140 Å². The van der Waals surface area contributed by atoms with E-state index in [-0.39, 0.29) is 106 Å². The number of ether oxygens (including phenoxy) is 4. The molecule has 78 heavy (non-hydrogen) atoms. The molecule has 5 aliphatic rings. The lowest BCUT2D eigenvalue weighted by molar-refractivity contribution is -0.378. The molecule has 1 aliphatic heterocycles. The van der Waals surface area contributed by atoms with Gasteiger partial charge in [-0.2, -0.15) is 0 Å². The Hall–Kier alpha value is -6.83. The molecular weight excluding hydrogens is 1000 g/mol. The Morgan fingerprint density at radius 1 is 0.987 bits per heavy atom. The van der Waals surface area contributed by atoms with E-state index in [9.17, 15) is 45.3 Å². The zero-order valence-corrected chi connectivity index (χ0v) is 43.7. The van der Waals surface area contributed by atoms with Gasteiger partial charge in [-0.15, -0.1) is 0 Å². The number of aliphatic imine (C=N–C) groups is 1. The maximum atomic E-state index is 16.0. The minimum absolute atomic E-state index is 0.0470. The molecule has 1 heterocycles. The van der Waals surface area contributed by atoms with Gasteiger partial charge >= 0.3 is 5.97 Å². The predicted molar refractivity (Wildman–Crippen MR) is 284 cm³/mol. The SMILES string of the molecule is CCC1CC2CCc3ccc(Cc4c(O)c5c6c(c4OC4OC(C)C(O)C(O)(O)C4OCCN=C(N)N)CC#CC(N)CCC(O)Cc4cccc(c4)C=Cc4c(OC(C)=O)cc(CO)c(c4C6=O)C5=O)c(C=O)c3C2(O)C1. The number of aryl methyl sites for hydroxylation is 1. The normalized spacial score (nSPS) is 26.1. The fourth-order valence-electron chi connectivity index (χ4n) is 12.2. The number of benzene rings is 4. The van der Waals surface area contributed by atoms with Crippen LogP contribution in [0.1, 0.15) is 152 Å². The number of aliphatic hydroxyl groups excluding tert-OH is 3. The van der Waals surface area contributed by atoms with Gasteiger partial charge < -0.3 is 71.9 Å². The summed E-state index contributed by atoms with van der Waals surface area (Å²) in [4.78, 5) is 61.9. The number of aliphatic hydroxyl groups is 6. The number of rotatable bonds is 12. The van der Waals surface area contributed by atoms with Gasteiger partial charge in [0.15, 0.2) is 29.9 Å². The van der Waals surface area contributed by atoms with Crippen LogP contribution in [0.4, 0.5) is 0 Å². The summed E-state index contributed by atoms with van der Waals surface area (Å²) in [6, 6.07) is 11.1. The number of ketones is 2. The van der Waals surface area contributed by atoms with Crippen molar-refractivity contribution < 1.29 is 73.9 Å². The third kappa shape index (κ3) is 10.5. The molecule has 0 spiro atoms. The van der Waals surface area contributed by atoms with Gasteiger partial charge in [0.2, 0.25) is 12.1 Å². The molecule has 19 heteroatoms. The zero-order chi connectivity index (χ0) is 56.0. The van der Waals surface area contributed by atoms with Crippen molar-refractivity contribution in [1.82, 2.24) is 0 Å². The smallest absolute Gasteiger partial charge is 0.308 e. The molecular formula is C59H66N4O15. The van der Waals surface area contributed by atoms with Crippen LogP contribution < -0.4 is 26.7 Å². The second-order valence-corrected chi connectivity index (χ2v) is 21.1. The molecule has 412 valence electrons. The minimum atomic E-state index is -3.11. The van der Waals surface area contributed by atoms with Crippen molar-refractivity contribution in [3.8, 4) is 29.1 Å². The Morgan fingerprint density at radius 3 is 2.47 bits per heavy atom. The van der Waals surface area contributed by atoms with Crippen LogP contribution in [-0.2, 0) is 52.2 Å². The molecule has 0 amide bonds. The predicted octanol–water partition coefficient (Wildman–Crippen LogP) is 3.12. The van der Waals surface area contributed by atoms with E-state index < -0.39 is 102 Å². The highest BCUT2D eigenvalue weighted by Gasteiger charge is 2.56. The first-order chi connectivity index (χ1) is 37.2. The molecule has 4 aliphatic carbocycles. The van der Waals surface area contributed by atoms with E-state index in [2.05, 4.69) is 23.8 Å². The Labute approximate surface area is 450 Å². The number of carbonyl (C=O) groups excluding carboxylic acids is 4. The van der Waals surface area contributed by atoms with Gasteiger partial charge in [0.25, 0.3) is 0 Å². The molecule has 9 rings (SSSR count). The van der Waals surface area contributed by atoms with Crippen LogP contribution in [0.2, 0.25) is 0 Å². The Bertz CT molecular complexity index is 3190. The summed E-state index contributed by atoms with van der Waals surface area (Å²) >= 11 is 0. The van der Waals surface area contributed by atoms with Crippen LogP contribution in [0.3, 0.4) is 0 Å². The average Bonchev–Trinajstić information content (AvgIpc) is 3.93. The molecule has 4 bridgehead atoms. The van der Waals surface area contributed by atoms with E-state index in [1.807, 2.05) is 18.2 Å². The number of nitrogens with two attached hydrogens (primary N) is 3. The average molecular weight is 1070 g/mol. The lowest BCUT2D eigenvalue weighted by atomic mass is 9.70. The van der Waals surface area contributed by atoms with Crippen molar-refractivity contribution in [3.05, 3.63) is 120 Å². The van der Waals surface area contributed by atoms with Crippen LogP contribution in [0.5, 0.6) is 17.2 Å². The summed E-state index contributed by atoms with van der Waals surface area (Å²) in [5, 5.41) is 82.2. The quantitative estimate of drug-likeness (QED) is 0.0125. The summed E-state index contributed by atoms with van der Waals surface area (Å²) in [6.07, 6.45) is -1.19. The second kappa shape index (κ2) is 22.5. The third-order valence-electron chi connectivity index (χ3n) is 16.0. The number of guanidine groups is 1. The number of carbonyl (C=O) groups is 4. The van der Waals surface area contributed by atoms with Crippen molar-refractivity contribution in [2.75, 3.05) is 13.2 Å². The molecule has 4 aromatic carbocycles. The van der Waals surface area contributed by atoms with E-state index in [0.717, 1.165) is 30.9 Å². The lowest BCUT2D eigenvalue weighted by Gasteiger charge is -2.46. The first-order valence-electron chi connectivity index (χ1n) is 26.3. The number of aldehydes is 1. The van der Waals surface area contributed by atoms with Crippen LogP contribution in [0.15, 0.2) is 47.5 Å². The van der Waals surface area contributed by atoms with Gasteiger partial charge in [-0.1, -0.05) is 67.7 Å². The summed E-state index contributed by atoms with van der Waals surface area (Å²) < 4.78 is 24.6. The van der Waals surface area contributed by atoms with Crippen molar-refractivity contribution in [3.63, 3.8) is 0 Å². The molecule has 0 radical (unpaired) electrons. The Kier molecular flexibility index (Phi) is 16.1. The molecule has 1 saturated carbocycles. The van der Waals surface area contributed by atoms with Gasteiger partial charge in [-0.25, -0.2) is 0 Å². The maximum Gasteiger partial charge on any atom is 0.308 e. The molecule has 2 fully saturated rings. The monoisotopic (exact) mass is 1070 g/mol. The van der Waals surface area contributed by atoms with Gasteiger partial charge in [-0.05, 0) is 109 Å². The van der Waals surface area contributed by atoms with Crippen LogP contribution >= 0.6 is 0 Å². The molecule has 19 nitrogen and oxygen atoms in total. The number of nitrogens with zero attached hydrogens (tertiary/aromatic N) is 1. The van der Waals surface area contributed by atoms with Crippen molar-refractivity contribution >= 4 is 41.9 Å². The van der Waals surface area contributed by atoms with E-state index in [0.29, 0.717) is 36.7 Å². The van der Waals surface area contributed by atoms with Crippen LogP contribution in [-0.4, -0.2) is 121 Å². The fourth-order valence-corrected chi connectivity index (χ4v) is 12.2. The Morgan fingerprint density at radius 2 is 1.76 bits per heavy atom. The number of phenolic OH excluding ortho intramolecular Hbond substituents is 1. The number of esters is 1. The molecule has 9 unspecified atom stereocenters. The largest absolute Gasteiger partial charge is 0.507 e. The highest BCUT2D eigenvalue weighted by atomic mass is 16.7. The first kappa shape index (κ1) is 55.9. The maximum absolute atomic E-state index is 16.0. The number of phenols is 1.